The molecule has 0 bridgehead atoms. The minimum atomic E-state index is -3.77. The normalized spacial score (nSPS) is 16.1. The van der Waals surface area contributed by atoms with E-state index < -0.39 is 27.8 Å². The summed E-state index contributed by atoms with van der Waals surface area (Å²) in [5, 5.41) is 4.89. The van der Waals surface area contributed by atoms with Crippen molar-refractivity contribution in [1.82, 2.24) is 19.8 Å². The number of hydrogen-bond donors (Lipinski definition) is 2. The van der Waals surface area contributed by atoms with Crippen LogP contribution in [0.5, 0.6) is 0 Å². The second-order valence-corrected chi connectivity index (χ2v) is 9.06. The lowest BCUT2D eigenvalue weighted by molar-refractivity contribution is -0.121. The molecule has 1 aromatic rings. The predicted octanol–water partition coefficient (Wildman–Crippen LogP) is 1.00. The molecule has 0 atom stereocenters. The maximum Gasteiger partial charge on any atom is 0.321 e. The molecule has 3 amide bonds. The van der Waals surface area contributed by atoms with Crippen molar-refractivity contribution in [1.29, 1.82) is 0 Å². The van der Waals surface area contributed by atoms with Crippen LogP contribution in [0, 0.1) is 11.7 Å². The van der Waals surface area contributed by atoms with Gasteiger partial charge < -0.3 is 5.32 Å². The first kappa shape index (κ1) is 22.3. The molecular formula is C18H27FN4O4S. The van der Waals surface area contributed by atoms with Crippen molar-refractivity contribution in [2.24, 2.45) is 5.92 Å². The number of amides is 3. The Bertz CT molecular complexity index is 793. The van der Waals surface area contributed by atoms with Gasteiger partial charge >= 0.3 is 6.03 Å². The van der Waals surface area contributed by atoms with Crippen molar-refractivity contribution >= 4 is 22.0 Å². The van der Waals surface area contributed by atoms with Crippen molar-refractivity contribution in [2.75, 3.05) is 39.3 Å². The Morgan fingerprint density at radius 2 is 1.86 bits per heavy atom. The van der Waals surface area contributed by atoms with Crippen LogP contribution in [0.15, 0.2) is 29.2 Å². The molecule has 2 rings (SSSR count). The molecule has 0 radical (unpaired) electrons. The van der Waals surface area contributed by atoms with E-state index in [1.807, 2.05) is 13.8 Å². The molecule has 156 valence electrons. The zero-order valence-electron chi connectivity index (χ0n) is 16.2. The maximum atomic E-state index is 13.3. The summed E-state index contributed by atoms with van der Waals surface area (Å²) in [5.41, 5.74) is 0. The minimum Gasteiger partial charge on any atom is -0.338 e. The third-order valence-electron chi connectivity index (χ3n) is 4.39. The van der Waals surface area contributed by atoms with Crippen molar-refractivity contribution < 1.29 is 22.4 Å². The molecule has 2 N–H and O–H groups in total. The Labute approximate surface area is 165 Å². The van der Waals surface area contributed by atoms with Crippen molar-refractivity contribution in [3.05, 3.63) is 30.1 Å². The van der Waals surface area contributed by atoms with E-state index >= 15 is 0 Å². The third-order valence-corrected chi connectivity index (χ3v) is 6.29. The van der Waals surface area contributed by atoms with Gasteiger partial charge in [0.05, 0.1) is 11.4 Å². The summed E-state index contributed by atoms with van der Waals surface area (Å²) < 4.78 is 39.7. The molecule has 1 fully saturated rings. The molecule has 1 aliphatic rings. The van der Waals surface area contributed by atoms with Gasteiger partial charge in [-0.15, -0.1) is 0 Å². The van der Waals surface area contributed by atoms with Gasteiger partial charge in [-0.1, -0.05) is 19.9 Å². The summed E-state index contributed by atoms with van der Waals surface area (Å²) >= 11 is 0. The molecule has 28 heavy (non-hydrogen) atoms. The minimum absolute atomic E-state index is 0.00541. The molecule has 10 heteroatoms. The van der Waals surface area contributed by atoms with Crippen LogP contribution in [0.25, 0.3) is 0 Å². The van der Waals surface area contributed by atoms with Crippen LogP contribution >= 0.6 is 0 Å². The largest absolute Gasteiger partial charge is 0.338 e. The first-order valence-corrected chi connectivity index (χ1v) is 10.7. The van der Waals surface area contributed by atoms with Crippen LogP contribution in [0.2, 0.25) is 0 Å². The fourth-order valence-corrected chi connectivity index (χ4v) is 4.25. The molecule has 1 aromatic carbocycles. The van der Waals surface area contributed by atoms with E-state index in [0.29, 0.717) is 25.6 Å². The lowest BCUT2D eigenvalue weighted by atomic mass is 10.1. The highest BCUT2D eigenvalue weighted by Gasteiger charge is 2.29. The number of halogens is 1. The topological polar surface area (TPSA) is 98.8 Å². The highest BCUT2D eigenvalue weighted by Crippen LogP contribution is 2.18. The smallest absolute Gasteiger partial charge is 0.321 e. The first-order valence-electron chi connectivity index (χ1n) is 9.24. The van der Waals surface area contributed by atoms with Crippen LogP contribution < -0.4 is 10.6 Å². The number of imide groups is 1. The number of sulfonamides is 1. The molecule has 1 saturated heterocycles. The molecule has 1 heterocycles. The third kappa shape index (κ3) is 6.54. The van der Waals surface area contributed by atoms with Crippen molar-refractivity contribution in [3.63, 3.8) is 0 Å². The van der Waals surface area contributed by atoms with Gasteiger partial charge in [0.1, 0.15) is 5.82 Å². The Kier molecular flexibility index (Phi) is 7.90. The number of rotatable bonds is 7. The van der Waals surface area contributed by atoms with Crippen LogP contribution in [0.4, 0.5) is 9.18 Å². The lowest BCUT2D eigenvalue weighted by Crippen LogP contribution is -2.52. The Balaban J connectivity index is 1.79. The fourth-order valence-electron chi connectivity index (χ4n) is 2.79. The second-order valence-electron chi connectivity index (χ2n) is 7.12. The quantitative estimate of drug-likeness (QED) is 0.694. The molecular weight excluding hydrogens is 387 g/mol. The number of piperazine rings is 1. The summed E-state index contributed by atoms with van der Waals surface area (Å²) in [7, 11) is -3.77. The van der Waals surface area contributed by atoms with E-state index in [1.54, 1.807) is 4.90 Å². The molecule has 0 aromatic heterocycles. The summed E-state index contributed by atoms with van der Waals surface area (Å²) in [5.74, 6) is -0.595. The number of nitrogens with one attached hydrogen (secondary N) is 2. The van der Waals surface area contributed by atoms with Crippen LogP contribution in [0.3, 0.4) is 0 Å². The van der Waals surface area contributed by atoms with Gasteiger partial charge in [-0.3, -0.25) is 15.0 Å². The van der Waals surface area contributed by atoms with Crippen molar-refractivity contribution in [2.45, 2.75) is 25.2 Å². The van der Waals surface area contributed by atoms with Gasteiger partial charge in [0.15, 0.2) is 0 Å². The number of benzene rings is 1. The fraction of sp³-hybridized carbons (Fsp3) is 0.556. The van der Waals surface area contributed by atoms with Gasteiger partial charge in [0.25, 0.3) is 0 Å². The summed E-state index contributed by atoms with van der Waals surface area (Å²) in [6, 6.07) is 4.37. The Morgan fingerprint density at radius 1 is 1.18 bits per heavy atom. The SMILES string of the molecule is CC(C)CCNC(=O)NC(=O)CN1CCN(S(=O)(=O)c2cccc(F)c2)CC1. The molecule has 0 spiro atoms. The zero-order valence-corrected chi connectivity index (χ0v) is 17.0. The number of nitrogens with zero attached hydrogens (tertiary/aromatic N) is 2. The van der Waals surface area contributed by atoms with Crippen LogP contribution in [0.1, 0.15) is 20.3 Å². The standard InChI is InChI=1S/C18H27FN4O4S/c1-14(2)6-7-20-18(25)21-17(24)13-22-8-10-23(11-9-22)28(26,27)16-5-3-4-15(19)12-16/h3-5,12,14H,6-11,13H2,1-2H3,(H2,20,21,24,25). The molecule has 0 aliphatic carbocycles. The van der Waals surface area contributed by atoms with Gasteiger partial charge in [0.2, 0.25) is 15.9 Å². The van der Waals surface area contributed by atoms with Crippen LogP contribution in [-0.4, -0.2) is 68.8 Å². The maximum absolute atomic E-state index is 13.3. The van der Waals surface area contributed by atoms with Gasteiger partial charge in [-0.2, -0.15) is 4.31 Å². The van der Waals surface area contributed by atoms with Crippen molar-refractivity contribution in [3.8, 4) is 0 Å². The first-order chi connectivity index (χ1) is 13.2. The number of carbonyl (C=O) groups excluding carboxylic acids is 2. The number of carbonyl (C=O) groups is 2. The molecule has 0 unspecified atom stereocenters. The van der Waals surface area contributed by atoms with E-state index in [2.05, 4.69) is 10.6 Å². The average Bonchev–Trinajstić information content (AvgIpc) is 2.61. The molecule has 0 saturated carbocycles. The zero-order chi connectivity index (χ0) is 20.7. The van der Waals surface area contributed by atoms with E-state index in [-0.39, 0.29) is 24.5 Å². The van der Waals surface area contributed by atoms with Gasteiger partial charge in [0, 0.05) is 32.7 Å². The highest BCUT2D eigenvalue weighted by atomic mass is 32.2. The van der Waals surface area contributed by atoms with Crippen LogP contribution in [-0.2, 0) is 14.8 Å². The Morgan fingerprint density at radius 3 is 2.46 bits per heavy atom. The summed E-state index contributed by atoms with van der Waals surface area (Å²) in [6.45, 7) is 5.64. The van der Waals surface area contributed by atoms with E-state index in [0.717, 1.165) is 12.5 Å². The summed E-state index contributed by atoms with van der Waals surface area (Å²) in [4.78, 5) is 25.3. The monoisotopic (exact) mass is 414 g/mol. The number of hydrogen-bond acceptors (Lipinski definition) is 5. The van der Waals surface area contributed by atoms with Gasteiger partial charge in [-0.05, 0) is 30.5 Å². The van der Waals surface area contributed by atoms with Gasteiger partial charge in [-0.25, -0.2) is 17.6 Å². The highest BCUT2D eigenvalue weighted by molar-refractivity contribution is 7.89. The van der Waals surface area contributed by atoms with E-state index in [4.69, 9.17) is 0 Å². The molecule has 1 aliphatic heterocycles. The number of urea groups is 1. The predicted molar refractivity (Wildman–Crippen MR) is 103 cm³/mol. The van der Waals surface area contributed by atoms with E-state index in [9.17, 15) is 22.4 Å². The second kappa shape index (κ2) is 9.94. The Hall–Kier alpha value is -2.04. The summed E-state index contributed by atoms with van der Waals surface area (Å²) in [6.07, 6.45) is 0.823. The lowest BCUT2D eigenvalue weighted by Gasteiger charge is -2.33. The van der Waals surface area contributed by atoms with E-state index in [1.165, 1.54) is 22.5 Å². The average molecular weight is 415 g/mol. The molecule has 8 nitrogen and oxygen atoms in total.